The quantitative estimate of drug-likeness (QED) is 0.781. The maximum absolute atomic E-state index is 13.0. The summed E-state index contributed by atoms with van der Waals surface area (Å²) in [5.74, 6) is 0.920. The van der Waals surface area contributed by atoms with E-state index in [0.717, 1.165) is 5.56 Å². The van der Waals surface area contributed by atoms with E-state index < -0.39 is 0 Å². The van der Waals surface area contributed by atoms with Crippen LogP contribution in [0.5, 0.6) is 5.75 Å². The van der Waals surface area contributed by atoms with Crippen LogP contribution in [0.1, 0.15) is 39.5 Å². The van der Waals surface area contributed by atoms with E-state index >= 15 is 0 Å². The molecule has 4 atom stereocenters. The molecule has 1 aromatic heterocycles. The van der Waals surface area contributed by atoms with Gasteiger partial charge in [-0.2, -0.15) is 5.10 Å². The fraction of sp³-hybridized carbons (Fsp3) is 0.450. The molecular weight excluding hydrogens is 360 g/mol. The van der Waals surface area contributed by atoms with E-state index in [-0.39, 0.29) is 29.6 Å². The van der Waals surface area contributed by atoms with Gasteiger partial charge in [0.15, 0.2) is 5.69 Å². The molecule has 4 rings (SSSR count). The molecule has 2 N–H and O–H groups in total. The average molecular weight is 384 g/mol. The number of fused-ring (bicyclic) bond motifs is 1. The van der Waals surface area contributed by atoms with Crippen LogP contribution in [0.15, 0.2) is 30.3 Å². The average Bonchev–Trinajstić information content (AvgIpc) is 3.13. The van der Waals surface area contributed by atoms with Crippen molar-refractivity contribution in [1.82, 2.24) is 20.4 Å². The molecule has 148 valence electrons. The number of nitrogens with one attached hydrogen (secondary N) is 2. The minimum Gasteiger partial charge on any atom is -0.496 e. The molecule has 2 heterocycles. The SMILES string of the molecule is CNC(=O)c1cc(C(=O)N[C@H]2[C@@H]3COC[C@@H]32)n([C@@H](C)c2ccccc2OC)n1. The molecule has 8 heteroatoms. The van der Waals surface area contributed by atoms with Crippen molar-refractivity contribution in [1.29, 1.82) is 0 Å². The topological polar surface area (TPSA) is 94.5 Å². The summed E-state index contributed by atoms with van der Waals surface area (Å²) in [6.45, 7) is 3.31. The molecule has 0 unspecified atom stereocenters. The number of ether oxygens (including phenoxy) is 2. The second-order valence-electron chi connectivity index (χ2n) is 7.22. The lowest BCUT2D eigenvalue weighted by Crippen LogP contribution is -2.32. The Morgan fingerprint density at radius 2 is 1.96 bits per heavy atom. The number of carbonyl (C=O) groups excluding carboxylic acids is 2. The molecule has 2 amide bonds. The third-order valence-corrected chi connectivity index (χ3v) is 5.63. The number of benzene rings is 1. The van der Waals surface area contributed by atoms with E-state index in [1.807, 2.05) is 31.2 Å². The zero-order valence-electron chi connectivity index (χ0n) is 16.1. The Balaban J connectivity index is 1.66. The number of hydrogen-bond acceptors (Lipinski definition) is 5. The molecule has 0 spiro atoms. The number of methoxy groups -OCH3 is 1. The van der Waals surface area contributed by atoms with Gasteiger partial charge in [0.2, 0.25) is 0 Å². The molecule has 2 aliphatic rings. The summed E-state index contributed by atoms with van der Waals surface area (Å²) in [6.07, 6.45) is 0. The number of carbonyl (C=O) groups is 2. The van der Waals surface area contributed by atoms with Crippen LogP contribution in [0, 0.1) is 11.8 Å². The summed E-state index contributed by atoms with van der Waals surface area (Å²) < 4.78 is 12.4. The van der Waals surface area contributed by atoms with Gasteiger partial charge < -0.3 is 20.1 Å². The van der Waals surface area contributed by atoms with Crippen LogP contribution in [-0.4, -0.2) is 55.0 Å². The van der Waals surface area contributed by atoms with Gasteiger partial charge in [0.05, 0.1) is 26.4 Å². The predicted molar refractivity (Wildman–Crippen MR) is 101 cm³/mol. The lowest BCUT2D eigenvalue weighted by Gasteiger charge is -2.18. The highest BCUT2D eigenvalue weighted by Gasteiger charge is 2.55. The van der Waals surface area contributed by atoms with Gasteiger partial charge in [-0.3, -0.25) is 14.3 Å². The van der Waals surface area contributed by atoms with Crippen molar-refractivity contribution in [3.8, 4) is 5.75 Å². The molecule has 1 aliphatic heterocycles. The number of rotatable bonds is 6. The molecule has 2 fully saturated rings. The molecule has 8 nitrogen and oxygen atoms in total. The molecule has 0 radical (unpaired) electrons. The van der Waals surface area contributed by atoms with E-state index in [2.05, 4.69) is 15.7 Å². The van der Waals surface area contributed by atoms with Crippen molar-refractivity contribution in [3.63, 3.8) is 0 Å². The first kappa shape index (κ1) is 18.5. The Morgan fingerprint density at radius 3 is 2.64 bits per heavy atom. The fourth-order valence-electron chi connectivity index (χ4n) is 3.92. The van der Waals surface area contributed by atoms with Crippen LogP contribution in [0.4, 0.5) is 0 Å². The van der Waals surface area contributed by atoms with Gasteiger partial charge in [0.25, 0.3) is 11.8 Å². The zero-order valence-corrected chi connectivity index (χ0v) is 16.1. The fourth-order valence-corrected chi connectivity index (χ4v) is 3.92. The van der Waals surface area contributed by atoms with Crippen LogP contribution in [0.2, 0.25) is 0 Å². The molecule has 0 bridgehead atoms. The first-order valence-electron chi connectivity index (χ1n) is 9.38. The molecule has 1 saturated carbocycles. The van der Waals surface area contributed by atoms with Gasteiger partial charge in [-0.1, -0.05) is 18.2 Å². The third kappa shape index (κ3) is 3.13. The van der Waals surface area contributed by atoms with Crippen molar-refractivity contribution in [2.75, 3.05) is 27.4 Å². The second-order valence-corrected chi connectivity index (χ2v) is 7.22. The number of amides is 2. The van der Waals surface area contributed by atoms with Crippen molar-refractivity contribution < 1.29 is 19.1 Å². The van der Waals surface area contributed by atoms with Crippen LogP contribution in [0.3, 0.4) is 0 Å². The molecular formula is C20H24N4O4. The maximum atomic E-state index is 13.0. The van der Waals surface area contributed by atoms with Crippen molar-refractivity contribution in [2.24, 2.45) is 11.8 Å². The van der Waals surface area contributed by atoms with Crippen molar-refractivity contribution >= 4 is 11.8 Å². The lowest BCUT2D eigenvalue weighted by atomic mass is 10.1. The van der Waals surface area contributed by atoms with E-state index in [9.17, 15) is 9.59 Å². The number of para-hydroxylation sites is 1. The smallest absolute Gasteiger partial charge is 0.271 e. The van der Waals surface area contributed by atoms with Gasteiger partial charge in [-0.15, -0.1) is 0 Å². The van der Waals surface area contributed by atoms with Crippen LogP contribution < -0.4 is 15.4 Å². The number of aromatic nitrogens is 2. The first-order chi connectivity index (χ1) is 13.5. The van der Waals surface area contributed by atoms with Crippen LogP contribution >= 0.6 is 0 Å². The summed E-state index contributed by atoms with van der Waals surface area (Å²) in [7, 11) is 3.14. The summed E-state index contributed by atoms with van der Waals surface area (Å²) in [5.41, 5.74) is 1.43. The monoisotopic (exact) mass is 384 g/mol. The Bertz CT molecular complexity index is 899. The molecule has 2 aromatic rings. The molecule has 1 aliphatic carbocycles. The van der Waals surface area contributed by atoms with E-state index in [4.69, 9.17) is 9.47 Å². The standard InChI is InChI=1S/C20H24N4O4/c1-11(12-6-4-5-7-17(12)27-3)24-16(8-15(23-24)19(25)21-2)20(26)22-18-13-9-28-10-14(13)18/h4-8,11,13-14,18H,9-10H2,1-3H3,(H,21,25)(H,22,26)/t11-,13-,14+,18+/m0/s1. The maximum Gasteiger partial charge on any atom is 0.271 e. The van der Waals surface area contributed by atoms with Gasteiger partial charge >= 0.3 is 0 Å². The van der Waals surface area contributed by atoms with Gasteiger partial charge in [0.1, 0.15) is 11.4 Å². The lowest BCUT2D eigenvalue weighted by molar-refractivity contribution is 0.0915. The predicted octanol–water partition coefficient (Wildman–Crippen LogP) is 1.24. The molecule has 1 saturated heterocycles. The van der Waals surface area contributed by atoms with Crippen LogP contribution in [-0.2, 0) is 4.74 Å². The first-order valence-corrected chi connectivity index (χ1v) is 9.38. The summed E-state index contributed by atoms with van der Waals surface area (Å²) in [6, 6.07) is 8.95. The van der Waals surface area contributed by atoms with E-state index in [0.29, 0.717) is 36.5 Å². The Kier molecular flexibility index (Phi) is 4.80. The van der Waals surface area contributed by atoms with Crippen molar-refractivity contribution in [2.45, 2.75) is 19.0 Å². The Hall–Kier alpha value is -2.87. The highest BCUT2D eigenvalue weighted by Crippen LogP contribution is 2.44. The van der Waals surface area contributed by atoms with Gasteiger partial charge in [0, 0.05) is 36.6 Å². The zero-order chi connectivity index (χ0) is 19.8. The minimum absolute atomic E-state index is 0.134. The number of hydrogen-bond donors (Lipinski definition) is 2. The van der Waals surface area contributed by atoms with Crippen molar-refractivity contribution in [3.05, 3.63) is 47.3 Å². The molecule has 1 aromatic carbocycles. The minimum atomic E-state index is -0.336. The second kappa shape index (κ2) is 7.27. The largest absolute Gasteiger partial charge is 0.496 e. The highest BCUT2D eigenvalue weighted by molar-refractivity contribution is 5.98. The summed E-state index contributed by atoms with van der Waals surface area (Å²) in [5, 5.41) is 10.1. The van der Waals surface area contributed by atoms with Crippen LogP contribution in [0.25, 0.3) is 0 Å². The highest BCUT2D eigenvalue weighted by atomic mass is 16.5. The van der Waals surface area contributed by atoms with E-state index in [1.54, 1.807) is 11.8 Å². The normalized spacial score (nSPS) is 23.6. The van der Waals surface area contributed by atoms with E-state index in [1.165, 1.54) is 13.1 Å². The van der Waals surface area contributed by atoms with Gasteiger partial charge in [-0.25, -0.2) is 0 Å². The Labute approximate surface area is 163 Å². The molecule has 28 heavy (non-hydrogen) atoms. The Morgan fingerprint density at radius 1 is 1.25 bits per heavy atom. The number of nitrogens with zero attached hydrogens (tertiary/aromatic N) is 2. The summed E-state index contributed by atoms with van der Waals surface area (Å²) in [4.78, 5) is 25.1. The van der Waals surface area contributed by atoms with Gasteiger partial charge in [-0.05, 0) is 13.0 Å². The third-order valence-electron chi connectivity index (χ3n) is 5.63. The summed E-state index contributed by atoms with van der Waals surface area (Å²) >= 11 is 0.